The van der Waals surface area contributed by atoms with Gasteiger partial charge >= 0.3 is 18.0 Å². The van der Waals surface area contributed by atoms with Crippen LogP contribution in [0.4, 0.5) is 23.2 Å². The number of pyridine rings is 1. The van der Waals surface area contributed by atoms with Gasteiger partial charge in [0.05, 0.1) is 11.9 Å². The molecule has 172 valence electrons. The van der Waals surface area contributed by atoms with E-state index in [1.54, 1.807) is 12.3 Å². The summed E-state index contributed by atoms with van der Waals surface area (Å²) in [7, 11) is 0. The van der Waals surface area contributed by atoms with Gasteiger partial charge in [-0.3, -0.25) is 14.6 Å². The van der Waals surface area contributed by atoms with Crippen molar-refractivity contribution in [2.75, 3.05) is 18.4 Å². The highest BCUT2D eigenvalue weighted by molar-refractivity contribution is 6.39. The van der Waals surface area contributed by atoms with Crippen LogP contribution in [0.15, 0.2) is 54.7 Å². The molecule has 0 bridgehead atoms. The predicted octanol–water partition coefficient (Wildman–Crippen LogP) is 4.82. The fourth-order valence-electron chi connectivity index (χ4n) is 4.15. The molecule has 0 aliphatic carbocycles. The third-order valence-corrected chi connectivity index (χ3v) is 5.77. The van der Waals surface area contributed by atoms with Crippen molar-refractivity contribution in [1.29, 1.82) is 0 Å². The van der Waals surface area contributed by atoms with E-state index in [4.69, 9.17) is 0 Å². The van der Waals surface area contributed by atoms with Crippen molar-refractivity contribution in [3.8, 4) is 0 Å². The van der Waals surface area contributed by atoms with Crippen LogP contribution < -0.4 is 5.32 Å². The summed E-state index contributed by atoms with van der Waals surface area (Å²) in [6, 6.07) is 11.5. The van der Waals surface area contributed by atoms with E-state index >= 15 is 0 Å². The lowest BCUT2D eigenvalue weighted by molar-refractivity contribution is -0.143. The number of carbonyl (C=O) groups excluding carboxylic acids is 2. The Morgan fingerprint density at radius 2 is 1.73 bits per heavy atom. The number of halogens is 4. The summed E-state index contributed by atoms with van der Waals surface area (Å²) in [5.41, 5.74) is 1.99. The number of likely N-dealkylation sites (tertiary alicyclic amines) is 1. The molecule has 0 radical (unpaired) electrons. The zero-order valence-corrected chi connectivity index (χ0v) is 17.5. The van der Waals surface area contributed by atoms with E-state index in [0.717, 1.165) is 10.9 Å². The molecule has 5 nitrogen and oxygen atoms in total. The Hall–Kier alpha value is -3.49. The second-order valence-electron chi connectivity index (χ2n) is 8.07. The molecule has 2 amide bonds. The van der Waals surface area contributed by atoms with Crippen molar-refractivity contribution in [2.24, 2.45) is 0 Å². The molecule has 0 unspecified atom stereocenters. The fourth-order valence-corrected chi connectivity index (χ4v) is 4.15. The number of hydrogen-bond donors (Lipinski definition) is 1. The molecular weight excluding hydrogens is 438 g/mol. The first-order valence-electron chi connectivity index (χ1n) is 10.5. The van der Waals surface area contributed by atoms with Gasteiger partial charge in [0.25, 0.3) is 0 Å². The molecule has 1 N–H and O–H groups in total. The van der Waals surface area contributed by atoms with Crippen molar-refractivity contribution in [2.45, 2.75) is 31.4 Å². The van der Waals surface area contributed by atoms with E-state index in [1.807, 2.05) is 6.07 Å². The lowest BCUT2D eigenvalue weighted by atomic mass is 9.87. The number of benzene rings is 2. The van der Waals surface area contributed by atoms with Gasteiger partial charge in [-0.05, 0) is 66.3 Å². The molecule has 1 aliphatic heterocycles. The number of hydrogen-bond acceptors (Lipinski definition) is 3. The number of piperidine rings is 1. The molecule has 9 heteroatoms. The Balaban J connectivity index is 1.36. The Labute approximate surface area is 187 Å². The molecule has 1 aromatic heterocycles. The second-order valence-corrected chi connectivity index (χ2v) is 8.07. The summed E-state index contributed by atoms with van der Waals surface area (Å²) in [6.45, 7) is 0.723. The van der Waals surface area contributed by atoms with Crippen molar-refractivity contribution in [3.63, 3.8) is 0 Å². The van der Waals surface area contributed by atoms with E-state index in [9.17, 15) is 27.2 Å². The number of nitrogens with one attached hydrogen (secondary N) is 1. The van der Waals surface area contributed by atoms with Crippen LogP contribution >= 0.6 is 0 Å². The molecule has 0 saturated carbocycles. The zero-order chi connectivity index (χ0) is 23.6. The van der Waals surface area contributed by atoms with Crippen LogP contribution in [0.1, 0.15) is 29.9 Å². The standard InChI is InChI=1S/C24H21F4N3O2/c25-17-3-6-21-20(13-17)19(7-10-29-21)16-8-11-31(12-9-16)23(33)22(32)30-18-4-1-15(2-5-18)14-24(26,27)28/h1-7,10,13,16H,8-9,11-12,14H2,(H,30,32). The van der Waals surface area contributed by atoms with Gasteiger partial charge in [-0.25, -0.2) is 4.39 Å². The summed E-state index contributed by atoms with van der Waals surface area (Å²) in [6.07, 6.45) is -2.47. The molecule has 33 heavy (non-hydrogen) atoms. The molecule has 4 rings (SSSR count). The second kappa shape index (κ2) is 9.17. The Bertz CT molecular complexity index is 1170. The monoisotopic (exact) mass is 459 g/mol. The van der Waals surface area contributed by atoms with Gasteiger partial charge in [-0.2, -0.15) is 13.2 Å². The predicted molar refractivity (Wildman–Crippen MR) is 115 cm³/mol. The summed E-state index contributed by atoms with van der Waals surface area (Å²) >= 11 is 0. The molecule has 1 saturated heterocycles. The Morgan fingerprint density at radius 3 is 2.39 bits per heavy atom. The van der Waals surface area contributed by atoms with Gasteiger partial charge in [0, 0.05) is 30.4 Å². The first-order chi connectivity index (χ1) is 15.7. The van der Waals surface area contributed by atoms with Crippen LogP contribution in [0.5, 0.6) is 0 Å². The summed E-state index contributed by atoms with van der Waals surface area (Å²) in [5.74, 6) is -1.77. The largest absolute Gasteiger partial charge is 0.393 e. The summed E-state index contributed by atoms with van der Waals surface area (Å²) in [4.78, 5) is 30.6. The van der Waals surface area contributed by atoms with Crippen molar-refractivity contribution < 1.29 is 27.2 Å². The number of nitrogens with zero attached hydrogens (tertiary/aromatic N) is 2. The molecule has 1 fully saturated rings. The SMILES string of the molecule is O=C(Nc1ccc(CC(F)(F)F)cc1)C(=O)N1CCC(c2ccnc3ccc(F)cc23)CC1. The first-order valence-corrected chi connectivity index (χ1v) is 10.5. The van der Waals surface area contributed by atoms with Gasteiger partial charge in [0.1, 0.15) is 5.82 Å². The van der Waals surface area contributed by atoms with Crippen LogP contribution in [0.25, 0.3) is 10.9 Å². The highest BCUT2D eigenvalue weighted by Gasteiger charge is 2.29. The van der Waals surface area contributed by atoms with Crippen LogP contribution in [0.2, 0.25) is 0 Å². The minimum Gasteiger partial charge on any atom is -0.334 e. The average Bonchev–Trinajstić information content (AvgIpc) is 2.78. The Morgan fingerprint density at radius 1 is 1.03 bits per heavy atom. The van der Waals surface area contributed by atoms with Crippen molar-refractivity contribution >= 4 is 28.4 Å². The van der Waals surface area contributed by atoms with Gasteiger partial charge < -0.3 is 10.2 Å². The first kappa shape index (κ1) is 22.7. The molecule has 1 aliphatic rings. The van der Waals surface area contributed by atoms with Gasteiger partial charge in [-0.1, -0.05) is 12.1 Å². The van der Waals surface area contributed by atoms with Crippen LogP contribution in [-0.2, 0) is 16.0 Å². The van der Waals surface area contributed by atoms with E-state index in [1.165, 1.54) is 41.3 Å². The van der Waals surface area contributed by atoms with Gasteiger partial charge in [-0.15, -0.1) is 0 Å². The zero-order valence-electron chi connectivity index (χ0n) is 17.5. The van der Waals surface area contributed by atoms with Gasteiger partial charge in [0.15, 0.2) is 0 Å². The van der Waals surface area contributed by atoms with Crippen LogP contribution in [-0.4, -0.2) is 41.0 Å². The minimum absolute atomic E-state index is 0.0671. The number of amides is 2. The quantitative estimate of drug-likeness (QED) is 0.451. The van der Waals surface area contributed by atoms with E-state index in [2.05, 4.69) is 10.3 Å². The number of alkyl halides is 3. The minimum atomic E-state index is -4.32. The average molecular weight is 459 g/mol. The highest BCUT2D eigenvalue weighted by Crippen LogP contribution is 2.33. The fraction of sp³-hybridized carbons (Fsp3) is 0.292. The third kappa shape index (κ3) is 5.47. The molecule has 0 spiro atoms. The number of aromatic nitrogens is 1. The smallest absolute Gasteiger partial charge is 0.334 e. The maximum atomic E-state index is 13.7. The van der Waals surface area contributed by atoms with Crippen LogP contribution in [0.3, 0.4) is 0 Å². The molecule has 3 aromatic rings. The molecule has 0 atom stereocenters. The van der Waals surface area contributed by atoms with Crippen molar-refractivity contribution in [3.05, 3.63) is 71.7 Å². The normalized spacial score (nSPS) is 15.0. The lowest BCUT2D eigenvalue weighted by Crippen LogP contribution is -2.43. The lowest BCUT2D eigenvalue weighted by Gasteiger charge is -2.32. The van der Waals surface area contributed by atoms with Crippen LogP contribution in [0, 0.1) is 5.82 Å². The summed E-state index contributed by atoms with van der Waals surface area (Å²) < 4.78 is 51.1. The van der Waals surface area contributed by atoms with E-state index in [0.29, 0.717) is 31.4 Å². The highest BCUT2D eigenvalue weighted by atomic mass is 19.4. The third-order valence-electron chi connectivity index (χ3n) is 5.77. The van der Waals surface area contributed by atoms with Gasteiger partial charge in [0.2, 0.25) is 0 Å². The maximum absolute atomic E-state index is 13.7. The van der Waals surface area contributed by atoms with E-state index < -0.39 is 24.4 Å². The number of fused-ring (bicyclic) bond motifs is 1. The molecule has 2 aromatic carbocycles. The molecular formula is C24H21F4N3O2. The van der Waals surface area contributed by atoms with E-state index in [-0.39, 0.29) is 23.0 Å². The number of carbonyl (C=O) groups is 2. The molecule has 2 heterocycles. The summed E-state index contributed by atoms with van der Waals surface area (Å²) in [5, 5.41) is 3.19. The topological polar surface area (TPSA) is 62.3 Å². The van der Waals surface area contributed by atoms with Crippen molar-refractivity contribution in [1.82, 2.24) is 9.88 Å². The maximum Gasteiger partial charge on any atom is 0.393 e. The Kier molecular flexibility index (Phi) is 6.31. The number of anilines is 1. The number of rotatable bonds is 3.